The highest BCUT2D eigenvalue weighted by atomic mass is 19.1. The lowest BCUT2D eigenvalue weighted by Gasteiger charge is -2.24. The molecule has 0 amide bonds. The maximum Gasteiger partial charge on any atom is 0.123 e. The number of halogens is 1. The lowest BCUT2D eigenvalue weighted by molar-refractivity contribution is -0.0353. The fourth-order valence-corrected chi connectivity index (χ4v) is 1.53. The van der Waals surface area contributed by atoms with Crippen LogP contribution < -0.4 is 0 Å². The molecule has 0 aliphatic heterocycles. The molecule has 0 aliphatic carbocycles. The minimum atomic E-state index is -0.202. The molecule has 1 aromatic carbocycles. The highest BCUT2D eigenvalue weighted by molar-refractivity contribution is 5.15. The summed E-state index contributed by atoms with van der Waals surface area (Å²) in [6, 6.07) is 6.45. The summed E-state index contributed by atoms with van der Waals surface area (Å²) in [4.78, 5) is 0. The van der Waals surface area contributed by atoms with Crippen molar-refractivity contribution in [3.05, 3.63) is 35.6 Å². The maximum absolute atomic E-state index is 12.6. The van der Waals surface area contributed by atoms with E-state index in [1.807, 2.05) is 0 Å². The lowest BCUT2D eigenvalue weighted by Crippen LogP contribution is -2.23. The van der Waals surface area contributed by atoms with Gasteiger partial charge in [-0.15, -0.1) is 0 Å². The summed E-state index contributed by atoms with van der Waals surface area (Å²) in [7, 11) is 0. The Morgan fingerprint density at radius 3 is 2.33 bits per heavy atom. The van der Waals surface area contributed by atoms with Crippen molar-refractivity contribution < 1.29 is 9.13 Å². The van der Waals surface area contributed by atoms with Crippen LogP contribution in [-0.2, 0) is 11.3 Å². The van der Waals surface area contributed by atoms with Crippen LogP contribution in [0.3, 0.4) is 0 Å². The molecule has 84 valence electrons. The average Bonchev–Trinajstić information content (AvgIpc) is 2.17. The van der Waals surface area contributed by atoms with Crippen molar-refractivity contribution in [1.82, 2.24) is 0 Å². The summed E-state index contributed by atoms with van der Waals surface area (Å²) in [6.07, 6.45) is 2.14. The van der Waals surface area contributed by atoms with Crippen LogP contribution in [0.15, 0.2) is 24.3 Å². The molecule has 0 spiro atoms. The first-order valence-electron chi connectivity index (χ1n) is 5.42. The van der Waals surface area contributed by atoms with Gasteiger partial charge < -0.3 is 4.74 Å². The van der Waals surface area contributed by atoms with Gasteiger partial charge in [0, 0.05) is 0 Å². The molecule has 0 radical (unpaired) electrons. The van der Waals surface area contributed by atoms with Crippen molar-refractivity contribution in [2.24, 2.45) is 0 Å². The molecule has 0 N–H and O–H groups in total. The standard InChI is InChI=1S/C13H19FO/c1-4-9-13(2,3)15-10-11-5-7-12(14)8-6-11/h5-8H,4,9-10H2,1-3H3. The number of rotatable bonds is 5. The van der Waals surface area contributed by atoms with Crippen molar-refractivity contribution in [2.75, 3.05) is 0 Å². The molecule has 1 aromatic rings. The van der Waals surface area contributed by atoms with Gasteiger partial charge in [0.15, 0.2) is 0 Å². The molecule has 0 aliphatic rings. The van der Waals surface area contributed by atoms with Gasteiger partial charge in [-0.25, -0.2) is 4.39 Å². The van der Waals surface area contributed by atoms with Gasteiger partial charge in [0.2, 0.25) is 0 Å². The van der Waals surface area contributed by atoms with Crippen LogP contribution in [0.1, 0.15) is 39.2 Å². The molecular formula is C13H19FO. The summed E-state index contributed by atoms with van der Waals surface area (Å²) in [5.74, 6) is -0.202. The van der Waals surface area contributed by atoms with E-state index in [1.54, 1.807) is 12.1 Å². The first kappa shape index (κ1) is 12.2. The monoisotopic (exact) mass is 210 g/mol. The molecule has 0 bridgehead atoms. The molecule has 1 nitrogen and oxygen atoms in total. The SMILES string of the molecule is CCCC(C)(C)OCc1ccc(F)cc1. The number of ether oxygens (including phenoxy) is 1. The number of hydrogen-bond donors (Lipinski definition) is 0. The zero-order valence-corrected chi connectivity index (χ0v) is 9.72. The van der Waals surface area contributed by atoms with E-state index in [-0.39, 0.29) is 11.4 Å². The predicted molar refractivity (Wildman–Crippen MR) is 60.2 cm³/mol. The molecule has 0 heterocycles. The third-order valence-electron chi connectivity index (χ3n) is 2.39. The Morgan fingerprint density at radius 2 is 1.80 bits per heavy atom. The first-order chi connectivity index (χ1) is 7.03. The first-order valence-corrected chi connectivity index (χ1v) is 5.42. The van der Waals surface area contributed by atoms with Gasteiger partial charge in [0.1, 0.15) is 5.82 Å². The Bertz CT molecular complexity index is 290. The molecule has 0 aromatic heterocycles. The number of hydrogen-bond acceptors (Lipinski definition) is 1. The second kappa shape index (κ2) is 5.26. The Morgan fingerprint density at radius 1 is 1.20 bits per heavy atom. The molecule has 0 saturated carbocycles. The van der Waals surface area contributed by atoms with E-state index in [4.69, 9.17) is 4.74 Å². The van der Waals surface area contributed by atoms with E-state index in [9.17, 15) is 4.39 Å². The summed E-state index contributed by atoms with van der Waals surface area (Å²) >= 11 is 0. The van der Waals surface area contributed by atoms with Crippen molar-refractivity contribution in [3.63, 3.8) is 0 Å². The Balaban J connectivity index is 2.46. The van der Waals surface area contributed by atoms with Crippen LogP contribution in [-0.4, -0.2) is 5.60 Å². The van der Waals surface area contributed by atoms with Gasteiger partial charge in [-0.05, 0) is 38.0 Å². The smallest absolute Gasteiger partial charge is 0.123 e. The van der Waals surface area contributed by atoms with Gasteiger partial charge in [-0.3, -0.25) is 0 Å². The summed E-state index contributed by atoms with van der Waals surface area (Å²) < 4.78 is 18.4. The maximum atomic E-state index is 12.6. The van der Waals surface area contributed by atoms with Gasteiger partial charge in [-0.2, -0.15) is 0 Å². The van der Waals surface area contributed by atoms with E-state index in [2.05, 4.69) is 20.8 Å². The van der Waals surface area contributed by atoms with Gasteiger partial charge >= 0.3 is 0 Å². The van der Waals surface area contributed by atoms with Crippen LogP contribution in [0.5, 0.6) is 0 Å². The normalized spacial score (nSPS) is 11.7. The summed E-state index contributed by atoms with van der Waals surface area (Å²) in [5.41, 5.74) is 0.920. The Hall–Kier alpha value is -0.890. The average molecular weight is 210 g/mol. The predicted octanol–water partition coefficient (Wildman–Crippen LogP) is 3.92. The largest absolute Gasteiger partial charge is 0.371 e. The minimum absolute atomic E-state index is 0.0941. The van der Waals surface area contributed by atoms with E-state index in [0.717, 1.165) is 18.4 Å². The van der Waals surface area contributed by atoms with E-state index in [0.29, 0.717) is 6.61 Å². The minimum Gasteiger partial charge on any atom is -0.371 e. The van der Waals surface area contributed by atoms with Crippen molar-refractivity contribution in [1.29, 1.82) is 0 Å². The van der Waals surface area contributed by atoms with Crippen LogP contribution in [0.4, 0.5) is 4.39 Å². The van der Waals surface area contributed by atoms with Crippen molar-refractivity contribution >= 4 is 0 Å². The van der Waals surface area contributed by atoms with Crippen LogP contribution in [0.25, 0.3) is 0 Å². The van der Waals surface area contributed by atoms with Gasteiger partial charge in [-0.1, -0.05) is 25.5 Å². The molecular weight excluding hydrogens is 191 g/mol. The van der Waals surface area contributed by atoms with E-state index in [1.165, 1.54) is 12.1 Å². The number of benzene rings is 1. The molecule has 0 saturated heterocycles. The topological polar surface area (TPSA) is 9.23 Å². The second-order valence-electron chi connectivity index (χ2n) is 4.42. The molecule has 0 fully saturated rings. The van der Waals surface area contributed by atoms with Crippen LogP contribution in [0.2, 0.25) is 0 Å². The summed E-state index contributed by atoms with van der Waals surface area (Å²) in [6.45, 7) is 6.86. The highest BCUT2D eigenvalue weighted by Crippen LogP contribution is 2.18. The Kier molecular flexibility index (Phi) is 4.28. The van der Waals surface area contributed by atoms with Crippen LogP contribution >= 0.6 is 0 Å². The third kappa shape index (κ3) is 4.43. The van der Waals surface area contributed by atoms with Crippen LogP contribution in [0, 0.1) is 5.82 Å². The van der Waals surface area contributed by atoms with Gasteiger partial charge in [0.05, 0.1) is 12.2 Å². The van der Waals surface area contributed by atoms with Crippen molar-refractivity contribution in [3.8, 4) is 0 Å². The van der Waals surface area contributed by atoms with E-state index < -0.39 is 0 Å². The highest BCUT2D eigenvalue weighted by Gasteiger charge is 2.16. The molecule has 0 atom stereocenters. The fraction of sp³-hybridized carbons (Fsp3) is 0.538. The molecule has 15 heavy (non-hydrogen) atoms. The van der Waals surface area contributed by atoms with Crippen molar-refractivity contribution in [2.45, 2.75) is 45.8 Å². The zero-order chi connectivity index (χ0) is 11.3. The molecule has 2 heteroatoms. The molecule has 0 unspecified atom stereocenters. The lowest BCUT2D eigenvalue weighted by atomic mass is 10.0. The molecule has 1 rings (SSSR count). The zero-order valence-electron chi connectivity index (χ0n) is 9.72. The quantitative estimate of drug-likeness (QED) is 0.715. The third-order valence-corrected chi connectivity index (χ3v) is 2.39. The second-order valence-corrected chi connectivity index (χ2v) is 4.42. The Labute approximate surface area is 91.3 Å². The van der Waals surface area contributed by atoms with E-state index >= 15 is 0 Å². The fourth-order valence-electron chi connectivity index (χ4n) is 1.53. The summed E-state index contributed by atoms with van der Waals surface area (Å²) in [5, 5.41) is 0. The van der Waals surface area contributed by atoms with Gasteiger partial charge in [0.25, 0.3) is 0 Å².